The highest BCUT2D eigenvalue weighted by molar-refractivity contribution is 4.72. The second-order valence-corrected chi connectivity index (χ2v) is 5.22. The smallest absolute Gasteiger partial charge is 0.104 e. The fourth-order valence-electron chi connectivity index (χ4n) is 1.51. The Hall–Kier alpha value is -0.160. The molecule has 0 aromatic rings. The Labute approximate surface area is 104 Å². The van der Waals surface area contributed by atoms with E-state index in [1.165, 1.54) is 12.8 Å². The van der Waals surface area contributed by atoms with Gasteiger partial charge in [0, 0.05) is 6.61 Å². The van der Waals surface area contributed by atoms with Crippen LogP contribution in [0.2, 0.25) is 0 Å². The topological polar surface area (TPSA) is 40.2 Å². The molecule has 0 aromatic heterocycles. The standard InChI is InChI=1S/C13H24O4/c1-10(5-14-8-13-9-17-13)15-6-11(2)16-7-12-3-4-12/h10-13H,3-9H2,1-2H3. The summed E-state index contributed by atoms with van der Waals surface area (Å²) in [5, 5.41) is 0. The predicted octanol–water partition coefficient (Wildman–Crippen LogP) is 1.62. The van der Waals surface area contributed by atoms with E-state index in [0.29, 0.717) is 25.9 Å². The van der Waals surface area contributed by atoms with Crippen LogP contribution in [0.25, 0.3) is 0 Å². The van der Waals surface area contributed by atoms with Gasteiger partial charge in [-0.1, -0.05) is 0 Å². The zero-order valence-electron chi connectivity index (χ0n) is 10.9. The molecule has 0 N–H and O–H groups in total. The first-order valence-corrected chi connectivity index (χ1v) is 6.66. The van der Waals surface area contributed by atoms with Gasteiger partial charge in [-0.05, 0) is 32.6 Å². The summed E-state index contributed by atoms with van der Waals surface area (Å²) in [7, 11) is 0. The average molecular weight is 244 g/mol. The molecule has 3 atom stereocenters. The van der Waals surface area contributed by atoms with Crippen LogP contribution in [0.5, 0.6) is 0 Å². The maximum Gasteiger partial charge on any atom is 0.104 e. The molecule has 0 aromatic carbocycles. The van der Waals surface area contributed by atoms with Gasteiger partial charge in [0.05, 0.1) is 38.6 Å². The maximum absolute atomic E-state index is 5.68. The molecule has 1 saturated carbocycles. The van der Waals surface area contributed by atoms with Crippen molar-refractivity contribution in [3.05, 3.63) is 0 Å². The van der Waals surface area contributed by atoms with Gasteiger partial charge in [-0.15, -0.1) is 0 Å². The lowest BCUT2D eigenvalue weighted by molar-refractivity contribution is -0.0598. The Morgan fingerprint density at radius 1 is 1.06 bits per heavy atom. The van der Waals surface area contributed by atoms with Gasteiger partial charge < -0.3 is 18.9 Å². The predicted molar refractivity (Wildman–Crippen MR) is 64.1 cm³/mol. The van der Waals surface area contributed by atoms with Gasteiger partial charge >= 0.3 is 0 Å². The van der Waals surface area contributed by atoms with E-state index in [-0.39, 0.29) is 12.2 Å². The Balaban J connectivity index is 1.41. The molecule has 2 fully saturated rings. The van der Waals surface area contributed by atoms with Crippen LogP contribution < -0.4 is 0 Å². The minimum absolute atomic E-state index is 0.126. The average Bonchev–Trinajstić information content (AvgIpc) is 3.15. The summed E-state index contributed by atoms with van der Waals surface area (Å²) in [6.07, 6.45) is 3.32. The van der Waals surface area contributed by atoms with E-state index in [2.05, 4.69) is 6.92 Å². The minimum Gasteiger partial charge on any atom is -0.376 e. The number of rotatable bonds is 10. The van der Waals surface area contributed by atoms with Gasteiger partial charge in [0.25, 0.3) is 0 Å². The van der Waals surface area contributed by atoms with Crippen LogP contribution in [-0.4, -0.2) is 51.3 Å². The summed E-state index contributed by atoms with van der Waals surface area (Å²) in [6.45, 7) is 7.82. The van der Waals surface area contributed by atoms with Crippen LogP contribution in [0, 0.1) is 5.92 Å². The molecular weight excluding hydrogens is 220 g/mol. The molecule has 1 aliphatic heterocycles. The van der Waals surface area contributed by atoms with E-state index in [1.54, 1.807) is 0 Å². The van der Waals surface area contributed by atoms with Crippen molar-refractivity contribution in [2.45, 2.75) is 45.0 Å². The van der Waals surface area contributed by atoms with E-state index in [1.807, 2.05) is 6.92 Å². The SMILES string of the molecule is CC(COCC1CO1)OCC(C)OCC1CC1. The summed E-state index contributed by atoms with van der Waals surface area (Å²) >= 11 is 0. The highest BCUT2D eigenvalue weighted by Crippen LogP contribution is 2.29. The summed E-state index contributed by atoms with van der Waals surface area (Å²) in [6, 6.07) is 0. The van der Waals surface area contributed by atoms with Crippen molar-refractivity contribution >= 4 is 0 Å². The number of epoxide rings is 1. The summed E-state index contributed by atoms with van der Waals surface area (Å²) < 4.78 is 21.9. The Bertz CT molecular complexity index is 213. The van der Waals surface area contributed by atoms with Crippen LogP contribution in [0.4, 0.5) is 0 Å². The van der Waals surface area contributed by atoms with E-state index in [0.717, 1.165) is 19.1 Å². The lowest BCUT2D eigenvalue weighted by Crippen LogP contribution is -2.24. The van der Waals surface area contributed by atoms with Gasteiger partial charge in [-0.2, -0.15) is 0 Å². The summed E-state index contributed by atoms with van der Waals surface area (Å²) in [4.78, 5) is 0. The lowest BCUT2D eigenvalue weighted by atomic mass is 10.4. The molecule has 0 radical (unpaired) electrons. The van der Waals surface area contributed by atoms with Crippen molar-refractivity contribution in [3.63, 3.8) is 0 Å². The zero-order valence-corrected chi connectivity index (χ0v) is 10.9. The highest BCUT2D eigenvalue weighted by atomic mass is 16.6. The second kappa shape index (κ2) is 6.69. The molecule has 2 aliphatic rings. The monoisotopic (exact) mass is 244 g/mol. The molecule has 0 spiro atoms. The molecule has 3 unspecified atom stereocenters. The molecule has 0 bridgehead atoms. The van der Waals surface area contributed by atoms with Crippen LogP contribution in [0.15, 0.2) is 0 Å². The first-order chi connectivity index (χ1) is 8.24. The Kier molecular flexibility index (Phi) is 5.22. The van der Waals surface area contributed by atoms with E-state index >= 15 is 0 Å². The quantitative estimate of drug-likeness (QED) is 0.548. The third-order valence-corrected chi connectivity index (χ3v) is 2.99. The first kappa shape index (κ1) is 13.3. The third kappa shape index (κ3) is 6.36. The number of hydrogen-bond acceptors (Lipinski definition) is 4. The molecule has 1 aliphatic carbocycles. The molecule has 4 heteroatoms. The molecule has 100 valence electrons. The minimum atomic E-state index is 0.126. The molecule has 1 heterocycles. The largest absolute Gasteiger partial charge is 0.376 e. The van der Waals surface area contributed by atoms with Crippen molar-refractivity contribution in [3.8, 4) is 0 Å². The zero-order chi connectivity index (χ0) is 12.1. The van der Waals surface area contributed by atoms with Crippen molar-refractivity contribution in [2.24, 2.45) is 5.92 Å². The third-order valence-electron chi connectivity index (χ3n) is 2.99. The highest BCUT2D eigenvalue weighted by Gasteiger charge is 2.23. The molecule has 1 saturated heterocycles. The summed E-state index contributed by atoms with van der Waals surface area (Å²) in [5.74, 6) is 0.816. The van der Waals surface area contributed by atoms with Gasteiger partial charge in [-0.3, -0.25) is 0 Å². The lowest BCUT2D eigenvalue weighted by Gasteiger charge is -2.17. The normalized spacial score (nSPS) is 26.8. The van der Waals surface area contributed by atoms with Crippen LogP contribution in [-0.2, 0) is 18.9 Å². The Morgan fingerprint density at radius 2 is 1.76 bits per heavy atom. The van der Waals surface area contributed by atoms with Crippen molar-refractivity contribution in [1.29, 1.82) is 0 Å². The summed E-state index contributed by atoms with van der Waals surface area (Å²) in [5.41, 5.74) is 0. The van der Waals surface area contributed by atoms with Gasteiger partial charge in [0.1, 0.15) is 6.10 Å². The fourth-order valence-corrected chi connectivity index (χ4v) is 1.51. The maximum atomic E-state index is 5.68. The van der Waals surface area contributed by atoms with Gasteiger partial charge in [0.2, 0.25) is 0 Å². The fraction of sp³-hybridized carbons (Fsp3) is 1.00. The molecule has 17 heavy (non-hydrogen) atoms. The van der Waals surface area contributed by atoms with Crippen LogP contribution in [0.1, 0.15) is 26.7 Å². The molecular formula is C13H24O4. The number of hydrogen-bond donors (Lipinski definition) is 0. The van der Waals surface area contributed by atoms with Crippen LogP contribution in [0.3, 0.4) is 0 Å². The van der Waals surface area contributed by atoms with E-state index < -0.39 is 0 Å². The van der Waals surface area contributed by atoms with Crippen LogP contribution >= 0.6 is 0 Å². The van der Waals surface area contributed by atoms with Crippen molar-refractivity contribution in [1.82, 2.24) is 0 Å². The van der Waals surface area contributed by atoms with Crippen molar-refractivity contribution in [2.75, 3.05) is 33.0 Å². The molecule has 2 rings (SSSR count). The van der Waals surface area contributed by atoms with E-state index in [4.69, 9.17) is 18.9 Å². The second-order valence-electron chi connectivity index (χ2n) is 5.22. The Morgan fingerprint density at radius 3 is 2.41 bits per heavy atom. The molecule has 0 amide bonds. The molecule has 4 nitrogen and oxygen atoms in total. The van der Waals surface area contributed by atoms with Crippen molar-refractivity contribution < 1.29 is 18.9 Å². The first-order valence-electron chi connectivity index (χ1n) is 6.66. The van der Waals surface area contributed by atoms with Gasteiger partial charge in [0.15, 0.2) is 0 Å². The number of ether oxygens (including phenoxy) is 4. The van der Waals surface area contributed by atoms with E-state index in [9.17, 15) is 0 Å². The van der Waals surface area contributed by atoms with Gasteiger partial charge in [-0.25, -0.2) is 0 Å².